The summed E-state index contributed by atoms with van der Waals surface area (Å²) in [5, 5.41) is 3.21. The molecule has 0 unspecified atom stereocenters. The molecule has 33 heavy (non-hydrogen) atoms. The molecule has 0 saturated heterocycles. The Kier molecular flexibility index (Phi) is 14.1. The van der Waals surface area contributed by atoms with Gasteiger partial charge in [-0.05, 0) is 78.4 Å². The van der Waals surface area contributed by atoms with Gasteiger partial charge in [0.05, 0.1) is 21.3 Å². The Labute approximate surface area is 202 Å². The van der Waals surface area contributed by atoms with Crippen LogP contribution in [-0.4, -0.2) is 28.4 Å². The van der Waals surface area contributed by atoms with E-state index in [4.69, 9.17) is 14.2 Å². The lowest BCUT2D eigenvalue weighted by atomic mass is 9.94. The molecule has 0 amide bonds. The van der Waals surface area contributed by atoms with E-state index >= 15 is 0 Å². The first kappa shape index (κ1) is 29.9. The van der Waals surface area contributed by atoms with Gasteiger partial charge in [0, 0.05) is 12.7 Å². The lowest BCUT2D eigenvalue weighted by Crippen LogP contribution is -1.97. The van der Waals surface area contributed by atoms with Crippen LogP contribution >= 0.6 is 0 Å². The van der Waals surface area contributed by atoms with Crippen LogP contribution in [0.5, 0.6) is 17.2 Å². The van der Waals surface area contributed by atoms with E-state index in [2.05, 4.69) is 63.0 Å². The predicted octanol–water partition coefficient (Wildman–Crippen LogP) is 8.18. The van der Waals surface area contributed by atoms with Gasteiger partial charge in [-0.1, -0.05) is 52.5 Å². The van der Waals surface area contributed by atoms with Crippen LogP contribution in [0.3, 0.4) is 0 Å². The molecule has 0 bridgehead atoms. The largest absolute Gasteiger partial charge is 0.493 e. The van der Waals surface area contributed by atoms with Crippen molar-refractivity contribution >= 4 is 16.8 Å². The topological polar surface area (TPSA) is 39.7 Å². The summed E-state index contributed by atoms with van der Waals surface area (Å²) in [6.07, 6.45) is 4.21. The van der Waals surface area contributed by atoms with Gasteiger partial charge in [0.15, 0.2) is 11.5 Å². The van der Waals surface area contributed by atoms with E-state index in [-0.39, 0.29) is 0 Å². The van der Waals surface area contributed by atoms with Crippen LogP contribution in [-0.2, 0) is 0 Å². The number of allylic oxidation sites excluding steroid dienone is 5. The van der Waals surface area contributed by atoms with Crippen LogP contribution in [0, 0.1) is 6.92 Å². The maximum absolute atomic E-state index is 5.46. The Morgan fingerprint density at radius 3 is 1.82 bits per heavy atom. The van der Waals surface area contributed by atoms with E-state index in [1.807, 2.05) is 46.9 Å². The molecule has 182 valence electrons. The number of hydrogen-bond acceptors (Lipinski definition) is 4. The number of rotatable bonds is 8. The Bertz CT molecular complexity index is 930. The van der Waals surface area contributed by atoms with Crippen molar-refractivity contribution in [2.75, 3.05) is 33.7 Å². The van der Waals surface area contributed by atoms with Crippen molar-refractivity contribution in [1.82, 2.24) is 0 Å². The summed E-state index contributed by atoms with van der Waals surface area (Å²) in [5.74, 6) is 1.79. The fourth-order valence-electron chi connectivity index (χ4n) is 3.42. The summed E-state index contributed by atoms with van der Waals surface area (Å²) in [6.45, 7) is 18.5. The minimum absolute atomic E-state index is 0.571. The molecule has 0 atom stereocenters. The van der Waals surface area contributed by atoms with Gasteiger partial charge in [-0.2, -0.15) is 0 Å². The van der Waals surface area contributed by atoms with Gasteiger partial charge in [-0.3, -0.25) is 0 Å². The van der Waals surface area contributed by atoms with Crippen LogP contribution < -0.4 is 19.5 Å². The molecule has 0 heterocycles. The zero-order valence-electron chi connectivity index (χ0n) is 22.5. The highest BCUT2D eigenvalue weighted by atomic mass is 16.5. The van der Waals surface area contributed by atoms with E-state index in [0.717, 1.165) is 22.4 Å². The normalized spacial score (nSPS) is 10.8. The molecular formula is C29H43NO3. The minimum Gasteiger partial charge on any atom is -0.493 e. The van der Waals surface area contributed by atoms with Gasteiger partial charge in [-0.15, -0.1) is 0 Å². The second-order valence-corrected chi connectivity index (χ2v) is 6.75. The highest BCUT2D eigenvalue weighted by Crippen LogP contribution is 2.40. The van der Waals surface area contributed by atoms with Gasteiger partial charge in [0.25, 0.3) is 0 Å². The van der Waals surface area contributed by atoms with Gasteiger partial charge in [-0.25, -0.2) is 0 Å². The molecule has 2 rings (SSSR count). The van der Waals surface area contributed by atoms with Crippen molar-refractivity contribution in [1.29, 1.82) is 0 Å². The number of nitrogens with one attached hydrogen (secondary N) is 1. The van der Waals surface area contributed by atoms with E-state index in [1.54, 1.807) is 21.3 Å². The van der Waals surface area contributed by atoms with Crippen molar-refractivity contribution in [3.63, 3.8) is 0 Å². The second-order valence-electron chi connectivity index (χ2n) is 6.75. The van der Waals surface area contributed by atoms with E-state index < -0.39 is 0 Å². The second kappa shape index (κ2) is 15.6. The highest BCUT2D eigenvalue weighted by Gasteiger charge is 2.14. The van der Waals surface area contributed by atoms with E-state index in [9.17, 15) is 0 Å². The third-order valence-electron chi connectivity index (χ3n) is 4.95. The quantitative estimate of drug-likeness (QED) is 0.409. The molecule has 4 nitrogen and oxygen atoms in total. The first-order valence-corrected chi connectivity index (χ1v) is 11.5. The maximum atomic E-state index is 5.46. The zero-order chi connectivity index (χ0) is 25.6. The van der Waals surface area contributed by atoms with Crippen LogP contribution in [0.1, 0.15) is 58.2 Å². The minimum atomic E-state index is 0.571. The summed E-state index contributed by atoms with van der Waals surface area (Å²) in [7, 11) is 6.75. The Balaban J connectivity index is 0.00000242. The predicted molar refractivity (Wildman–Crippen MR) is 146 cm³/mol. The molecule has 4 heteroatoms. The lowest BCUT2D eigenvalue weighted by Gasteiger charge is -2.15. The number of benzene rings is 2. The van der Waals surface area contributed by atoms with Gasteiger partial charge < -0.3 is 19.5 Å². The summed E-state index contributed by atoms with van der Waals surface area (Å²) in [4.78, 5) is 0. The molecule has 0 spiro atoms. The fourth-order valence-corrected chi connectivity index (χ4v) is 3.42. The molecule has 0 radical (unpaired) electrons. The Hall–Kier alpha value is -3.14. The first-order chi connectivity index (χ1) is 15.9. The van der Waals surface area contributed by atoms with E-state index in [0.29, 0.717) is 17.2 Å². The number of anilines is 1. The summed E-state index contributed by atoms with van der Waals surface area (Å²) in [5.41, 5.74) is 7.59. The van der Waals surface area contributed by atoms with Crippen LogP contribution in [0.15, 0.2) is 54.6 Å². The third kappa shape index (κ3) is 7.74. The number of aryl methyl sites for hydroxylation is 1. The molecule has 2 aromatic rings. The summed E-state index contributed by atoms with van der Waals surface area (Å²) in [6, 6.07) is 10.3. The summed E-state index contributed by atoms with van der Waals surface area (Å²) >= 11 is 0. The smallest absolute Gasteiger partial charge is 0.203 e. The third-order valence-corrected chi connectivity index (χ3v) is 4.95. The van der Waals surface area contributed by atoms with Crippen molar-refractivity contribution in [3.05, 3.63) is 71.3 Å². The highest BCUT2D eigenvalue weighted by molar-refractivity contribution is 5.85. The molecule has 0 saturated carbocycles. The Morgan fingerprint density at radius 2 is 1.42 bits per heavy atom. The molecule has 2 aromatic carbocycles. The van der Waals surface area contributed by atoms with Crippen molar-refractivity contribution in [3.8, 4) is 17.2 Å². The standard InChI is InChI=1S/C25H31NO3.2C2H6/c1-9-21(19-10-11-22(26-5)18(4)13-19)17(3)12-16(2)20-14-23(27-6)25(29-8)24(15-20)28-7;2*1-2/h9-15,26H,2H2,1,3-8H3;2*1-2H3/b17-12+,21-9+;;. The van der Waals surface area contributed by atoms with Gasteiger partial charge >= 0.3 is 0 Å². The molecule has 0 aromatic heterocycles. The molecule has 0 aliphatic heterocycles. The molecule has 1 N–H and O–H groups in total. The van der Waals surface area contributed by atoms with Gasteiger partial charge in [0.2, 0.25) is 5.75 Å². The van der Waals surface area contributed by atoms with Crippen molar-refractivity contribution in [2.45, 2.75) is 48.5 Å². The first-order valence-electron chi connectivity index (χ1n) is 11.5. The van der Waals surface area contributed by atoms with Gasteiger partial charge in [0.1, 0.15) is 0 Å². The SMILES string of the molecule is C=C(/C=C(C)/C(=C\C)c1ccc(NC)c(C)c1)c1cc(OC)c(OC)c(OC)c1.CC.CC. The average Bonchev–Trinajstić information content (AvgIpc) is 2.85. The average molecular weight is 454 g/mol. The molecule has 0 aliphatic rings. The fraction of sp³-hybridized carbons (Fsp3) is 0.379. The summed E-state index contributed by atoms with van der Waals surface area (Å²) < 4.78 is 16.3. The number of hydrogen-bond donors (Lipinski definition) is 1. The van der Waals surface area contributed by atoms with Crippen LogP contribution in [0.25, 0.3) is 11.1 Å². The molecular weight excluding hydrogens is 410 g/mol. The van der Waals surface area contributed by atoms with Crippen LogP contribution in [0.2, 0.25) is 0 Å². The Morgan fingerprint density at radius 1 is 0.879 bits per heavy atom. The van der Waals surface area contributed by atoms with Crippen molar-refractivity contribution in [2.24, 2.45) is 0 Å². The van der Waals surface area contributed by atoms with Crippen molar-refractivity contribution < 1.29 is 14.2 Å². The van der Waals surface area contributed by atoms with Crippen LogP contribution in [0.4, 0.5) is 5.69 Å². The number of methoxy groups -OCH3 is 3. The number of ether oxygens (including phenoxy) is 3. The zero-order valence-corrected chi connectivity index (χ0v) is 22.5. The molecule has 0 fully saturated rings. The molecule has 0 aliphatic carbocycles. The van der Waals surface area contributed by atoms with E-state index in [1.165, 1.54) is 16.7 Å². The monoisotopic (exact) mass is 453 g/mol. The lowest BCUT2D eigenvalue weighted by molar-refractivity contribution is 0.324. The maximum Gasteiger partial charge on any atom is 0.203 e.